The molecule has 0 aromatic rings. The molecule has 0 aromatic carbocycles. The number of piperazine rings is 1. The largest absolute Gasteiger partial charge is 0.430 e. The number of rotatable bonds is 3. The standard InChI is InChI=1S/C10H15F5N2/c1-3-9(12,10(13,14)15)8(11)17-6-4-16(2)5-7-17/h3,8H,1,4-7H2,2H3. The summed E-state index contributed by atoms with van der Waals surface area (Å²) >= 11 is 0. The summed E-state index contributed by atoms with van der Waals surface area (Å²) in [6.07, 6.45) is -8.04. The van der Waals surface area contributed by atoms with Gasteiger partial charge < -0.3 is 4.90 Å². The van der Waals surface area contributed by atoms with Gasteiger partial charge in [-0.15, -0.1) is 0 Å². The van der Waals surface area contributed by atoms with Crippen molar-refractivity contribution in [1.82, 2.24) is 9.80 Å². The molecule has 0 N–H and O–H groups in total. The van der Waals surface area contributed by atoms with E-state index in [0.717, 1.165) is 4.90 Å². The molecular formula is C10H15F5N2. The highest BCUT2D eigenvalue weighted by atomic mass is 19.4. The zero-order chi connectivity index (χ0) is 13.3. The van der Waals surface area contributed by atoms with Crippen molar-refractivity contribution >= 4 is 0 Å². The van der Waals surface area contributed by atoms with Gasteiger partial charge >= 0.3 is 6.18 Å². The molecule has 1 aliphatic rings. The third-order valence-electron chi connectivity index (χ3n) is 2.94. The van der Waals surface area contributed by atoms with E-state index < -0.39 is 18.1 Å². The van der Waals surface area contributed by atoms with E-state index >= 15 is 0 Å². The van der Waals surface area contributed by atoms with E-state index in [1.807, 2.05) is 4.90 Å². The van der Waals surface area contributed by atoms with Crippen LogP contribution >= 0.6 is 0 Å². The molecule has 100 valence electrons. The Hall–Kier alpha value is -0.690. The Balaban J connectivity index is 2.80. The van der Waals surface area contributed by atoms with Crippen LogP contribution in [-0.2, 0) is 0 Å². The van der Waals surface area contributed by atoms with Gasteiger partial charge in [0, 0.05) is 26.2 Å². The van der Waals surface area contributed by atoms with Crippen LogP contribution in [0.4, 0.5) is 22.0 Å². The quantitative estimate of drug-likeness (QED) is 0.434. The zero-order valence-corrected chi connectivity index (χ0v) is 9.47. The molecule has 0 amide bonds. The lowest BCUT2D eigenvalue weighted by atomic mass is 10.0. The van der Waals surface area contributed by atoms with Crippen LogP contribution in [0, 0.1) is 0 Å². The Morgan fingerprint density at radius 3 is 1.94 bits per heavy atom. The number of alkyl halides is 5. The summed E-state index contributed by atoms with van der Waals surface area (Å²) in [6.45, 7) is 3.70. The SMILES string of the molecule is C=CC(F)(C(F)N1CCN(C)CC1)C(F)(F)F. The van der Waals surface area contributed by atoms with Crippen molar-refractivity contribution in [2.24, 2.45) is 0 Å². The van der Waals surface area contributed by atoms with Crippen molar-refractivity contribution in [2.45, 2.75) is 18.1 Å². The molecule has 0 spiro atoms. The summed E-state index contributed by atoms with van der Waals surface area (Å²) in [4.78, 5) is 2.69. The molecule has 0 aliphatic carbocycles. The van der Waals surface area contributed by atoms with Gasteiger partial charge in [-0.1, -0.05) is 6.58 Å². The number of hydrogen-bond acceptors (Lipinski definition) is 2. The molecule has 1 rings (SSSR count). The second kappa shape index (κ2) is 4.89. The predicted molar refractivity (Wildman–Crippen MR) is 54.1 cm³/mol. The molecule has 0 aromatic heterocycles. The Morgan fingerprint density at radius 1 is 1.12 bits per heavy atom. The second-order valence-electron chi connectivity index (χ2n) is 4.14. The lowest BCUT2D eigenvalue weighted by Crippen LogP contribution is -2.58. The highest BCUT2D eigenvalue weighted by Gasteiger charge is 2.61. The molecule has 0 saturated carbocycles. The molecule has 1 saturated heterocycles. The van der Waals surface area contributed by atoms with Crippen LogP contribution in [0.2, 0.25) is 0 Å². The van der Waals surface area contributed by atoms with Crippen molar-refractivity contribution in [2.75, 3.05) is 33.2 Å². The van der Waals surface area contributed by atoms with Gasteiger partial charge in [-0.3, -0.25) is 4.90 Å². The fraction of sp³-hybridized carbons (Fsp3) is 0.800. The van der Waals surface area contributed by atoms with Crippen molar-refractivity contribution in [3.63, 3.8) is 0 Å². The Bertz CT molecular complexity index is 272. The van der Waals surface area contributed by atoms with Gasteiger partial charge in [-0.25, -0.2) is 8.78 Å². The van der Waals surface area contributed by atoms with Crippen LogP contribution in [0.3, 0.4) is 0 Å². The first-order valence-electron chi connectivity index (χ1n) is 5.18. The summed E-state index contributed by atoms with van der Waals surface area (Å²) in [7, 11) is 1.77. The monoisotopic (exact) mass is 258 g/mol. The minimum absolute atomic E-state index is 0.00398. The molecule has 1 aliphatic heterocycles. The first kappa shape index (κ1) is 14.4. The average Bonchev–Trinajstić information content (AvgIpc) is 2.26. The van der Waals surface area contributed by atoms with Gasteiger partial charge in [0.1, 0.15) is 0 Å². The van der Waals surface area contributed by atoms with Crippen LogP contribution in [0.25, 0.3) is 0 Å². The minimum atomic E-state index is -5.29. The van der Waals surface area contributed by atoms with E-state index in [-0.39, 0.29) is 19.2 Å². The number of halogens is 5. The zero-order valence-electron chi connectivity index (χ0n) is 9.47. The van der Waals surface area contributed by atoms with Gasteiger partial charge in [0.05, 0.1) is 0 Å². The van der Waals surface area contributed by atoms with E-state index in [9.17, 15) is 22.0 Å². The highest BCUT2D eigenvalue weighted by molar-refractivity contribution is 5.07. The second-order valence-corrected chi connectivity index (χ2v) is 4.14. The van der Waals surface area contributed by atoms with Gasteiger partial charge in [-0.2, -0.15) is 13.2 Å². The first-order chi connectivity index (χ1) is 7.72. The lowest BCUT2D eigenvalue weighted by Gasteiger charge is -2.39. The maximum absolute atomic E-state index is 13.7. The van der Waals surface area contributed by atoms with E-state index in [2.05, 4.69) is 6.58 Å². The van der Waals surface area contributed by atoms with E-state index in [4.69, 9.17) is 0 Å². The Labute approximate surface area is 96.7 Å². The van der Waals surface area contributed by atoms with Crippen molar-refractivity contribution in [1.29, 1.82) is 0 Å². The van der Waals surface area contributed by atoms with Crippen LogP contribution in [0.1, 0.15) is 0 Å². The average molecular weight is 258 g/mol. The highest BCUT2D eigenvalue weighted by Crippen LogP contribution is 2.40. The normalized spacial score (nSPS) is 25.3. The van der Waals surface area contributed by atoms with Crippen molar-refractivity contribution < 1.29 is 22.0 Å². The van der Waals surface area contributed by atoms with E-state index in [1.165, 1.54) is 0 Å². The molecule has 17 heavy (non-hydrogen) atoms. The fourth-order valence-corrected chi connectivity index (χ4v) is 1.66. The fourth-order valence-electron chi connectivity index (χ4n) is 1.66. The van der Waals surface area contributed by atoms with E-state index in [1.54, 1.807) is 7.05 Å². The van der Waals surface area contributed by atoms with Gasteiger partial charge in [0.2, 0.25) is 6.30 Å². The smallest absolute Gasteiger partial charge is 0.304 e. The molecule has 2 unspecified atom stereocenters. The van der Waals surface area contributed by atoms with Crippen molar-refractivity contribution in [3.8, 4) is 0 Å². The number of hydrogen-bond donors (Lipinski definition) is 0. The Morgan fingerprint density at radius 2 is 1.59 bits per heavy atom. The minimum Gasteiger partial charge on any atom is -0.304 e. The summed E-state index contributed by atoms with van der Waals surface area (Å²) in [5.74, 6) is 0. The third kappa shape index (κ3) is 2.77. The molecule has 1 heterocycles. The van der Waals surface area contributed by atoms with Crippen LogP contribution in [0.15, 0.2) is 12.7 Å². The summed E-state index contributed by atoms with van der Waals surface area (Å²) in [6, 6.07) is 0. The van der Waals surface area contributed by atoms with Gasteiger partial charge in [-0.05, 0) is 13.1 Å². The summed E-state index contributed by atoms with van der Waals surface area (Å²) in [5.41, 5.74) is -4.01. The van der Waals surface area contributed by atoms with Crippen molar-refractivity contribution in [3.05, 3.63) is 12.7 Å². The van der Waals surface area contributed by atoms with Crippen LogP contribution in [0.5, 0.6) is 0 Å². The molecule has 7 heteroatoms. The Kier molecular flexibility index (Phi) is 4.14. The van der Waals surface area contributed by atoms with Gasteiger partial charge in [0.15, 0.2) is 0 Å². The third-order valence-corrected chi connectivity index (χ3v) is 2.94. The lowest BCUT2D eigenvalue weighted by molar-refractivity contribution is -0.250. The van der Waals surface area contributed by atoms with Crippen LogP contribution < -0.4 is 0 Å². The molecule has 2 atom stereocenters. The summed E-state index contributed by atoms with van der Waals surface area (Å²) < 4.78 is 64.7. The maximum atomic E-state index is 13.7. The maximum Gasteiger partial charge on any atom is 0.430 e. The van der Waals surface area contributed by atoms with E-state index in [0.29, 0.717) is 13.1 Å². The molecular weight excluding hydrogens is 243 g/mol. The van der Waals surface area contributed by atoms with Crippen LogP contribution in [-0.4, -0.2) is 61.2 Å². The van der Waals surface area contributed by atoms with Gasteiger partial charge in [0.25, 0.3) is 5.67 Å². The molecule has 0 bridgehead atoms. The first-order valence-corrected chi connectivity index (χ1v) is 5.18. The summed E-state index contributed by atoms with van der Waals surface area (Å²) in [5, 5.41) is 0. The predicted octanol–water partition coefficient (Wildman–Crippen LogP) is 1.99. The topological polar surface area (TPSA) is 6.48 Å². The molecule has 2 nitrogen and oxygen atoms in total. The molecule has 1 fully saturated rings. The number of nitrogens with zero attached hydrogens (tertiary/aromatic N) is 2. The molecule has 0 radical (unpaired) electrons. The number of likely N-dealkylation sites (N-methyl/N-ethyl adjacent to an activating group) is 1.